The summed E-state index contributed by atoms with van der Waals surface area (Å²) in [5.41, 5.74) is 0. The van der Waals surface area contributed by atoms with Gasteiger partial charge in [-0.3, -0.25) is 9.69 Å². The Morgan fingerprint density at radius 1 is 1.33 bits per heavy atom. The molecule has 0 saturated carbocycles. The Balaban J connectivity index is 1.96. The highest BCUT2D eigenvalue weighted by atomic mass is 35.5. The molecule has 1 N–H and O–H groups in total. The number of piperazine rings is 1. The van der Waals surface area contributed by atoms with Crippen LogP contribution in [-0.4, -0.2) is 62.8 Å². The van der Waals surface area contributed by atoms with Crippen LogP contribution >= 0.6 is 11.6 Å². The van der Waals surface area contributed by atoms with Crippen molar-refractivity contribution in [1.82, 2.24) is 14.5 Å². The van der Waals surface area contributed by atoms with E-state index in [9.17, 15) is 17.6 Å². The van der Waals surface area contributed by atoms with Gasteiger partial charge in [0.25, 0.3) is 0 Å². The molecule has 0 unspecified atom stereocenters. The van der Waals surface area contributed by atoms with Crippen molar-refractivity contribution in [2.24, 2.45) is 0 Å². The van der Waals surface area contributed by atoms with Crippen molar-refractivity contribution >= 4 is 27.5 Å². The Bertz CT molecular complexity index is 719. The Morgan fingerprint density at radius 3 is 2.58 bits per heavy atom. The van der Waals surface area contributed by atoms with E-state index in [2.05, 4.69) is 11.9 Å². The van der Waals surface area contributed by atoms with Crippen molar-refractivity contribution in [2.45, 2.75) is 4.90 Å². The lowest BCUT2D eigenvalue weighted by Gasteiger charge is -2.33. The standard InChI is InChI=1S/C15H19ClFN3O3S/c1-2-5-18-15(21)11-19-6-8-20(9-7-19)24(22,23)12-3-4-14(17)13(16)10-12/h2-4,10H,1,5-9,11H2,(H,18,21). The summed E-state index contributed by atoms with van der Waals surface area (Å²) >= 11 is 5.66. The van der Waals surface area contributed by atoms with Crippen molar-refractivity contribution < 1.29 is 17.6 Å². The van der Waals surface area contributed by atoms with Crippen LogP contribution in [0.3, 0.4) is 0 Å². The van der Waals surface area contributed by atoms with Gasteiger partial charge in [0.05, 0.1) is 16.5 Å². The third-order valence-electron chi connectivity index (χ3n) is 3.67. The Morgan fingerprint density at radius 2 is 2.00 bits per heavy atom. The molecule has 2 rings (SSSR count). The Labute approximate surface area is 145 Å². The predicted molar refractivity (Wildman–Crippen MR) is 89.8 cm³/mol. The average molecular weight is 376 g/mol. The van der Waals surface area contributed by atoms with Gasteiger partial charge in [-0.05, 0) is 18.2 Å². The van der Waals surface area contributed by atoms with E-state index < -0.39 is 15.8 Å². The fourth-order valence-electron chi connectivity index (χ4n) is 2.36. The largest absolute Gasteiger partial charge is 0.352 e. The lowest BCUT2D eigenvalue weighted by Crippen LogP contribution is -2.51. The summed E-state index contributed by atoms with van der Waals surface area (Å²) in [6.45, 7) is 5.53. The number of benzene rings is 1. The summed E-state index contributed by atoms with van der Waals surface area (Å²) in [6.07, 6.45) is 1.59. The predicted octanol–water partition coefficient (Wildman–Crippen LogP) is 1.09. The summed E-state index contributed by atoms with van der Waals surface area (Å²) in [5, 5.41) is 2.45. The molecule has 0 bridgehead atoms. The van der Waals surface area contributed by atoms with E-state index in [4.69, 9.17) is 11.6 Å². The summed E-state index contributed by atoms with van der Waals surface area (Å²) in [5.74, 6) is -0.789. The molecule has 0 aliphatic carbocycles. The van der Waals surface area contributed by atoms with Crippen LogP contribution in [0.5, 0.6) is 0 Å². The van der Waals surface area contributed by atoms with E-state index in [1.165, 1.54) is 10.4 Å². The second kappa shape index (κ2) is 8.06. The molecule has 1 aromatic rings. The third kappa shape index (κ3) is 4.54. The highest BCUT2D eigenvalue weighted by Gasteiger charge is 2.29. The van der Waals surface area contributed by atoms with Gasteiger partial charge < -0.3 is 5.32 Å². The van der Waals surface area contributed by atoms with Gasteiger partial charge in [-0.15, -0.1) is 6.58 Å². The number of carbonyl (C=O) groups is 1. The molecule has 1 saturated heterocycles. The molecule has 1 aliphatic rings. The number of amides is 1. The van der Waals surface area contributed by atoms with E-state index in [0.717, 1.165) is 12.1 Å². The smallest absolute Gasteiger partial charge is 0.243 e. The van der Waals surface area contributed by atoms with Gasteiger partial charge in [0.2, 0.25) is 15.9 Å². The van der Waals surface area contributed by atoms with Crippen molar-refractivity contribution in [1.29, 1.82) is 0 Å². The number of nitrogens with one attached hydrogen (secondary N) is 1. The van der Waals surface area contributed by atoms with Crippen LogP contribution in [0.2, 0.25) is 5.02 Å². The van der Waals surface area contributed by atoms with Gasteiger partial charge in [0, 0.05) is 32.7 Å². The van der Waals surface area contributed by atoms with Gasteiger partial charge in [-0.1, -0.05) is 17.7 Å². The molecule has 0 spiro atoms. The van der Waals surface area contributed by atoms with E-state index in [-0.39, 0.29) is 35.5 Å². The summed E-state index contributed by atoms with van der Waals surface area (Å²) in [4.78, 5) is 13.5. The van der Waals surface area contributed by atoms with Crippen molar-refractivity contribution in [3.8, 4) is 0 Å². The highest BCUT2D eigenvalue weighted by molar-refractivity contribution is 7.89. The zero-order valence-electron chi connectivity index (χ0n) is 13.0. The average Bonchev–Trinajstić information content (AvgIpc) is 2.56. The number of nitrogens with zero attached hydrogens (tertiary/aromatic N) is 2. The third-order valence-corrected chi connectivity index (χ3v) is 5.86. The van der Waals surface area contributed by atoms with Crippen LogP contribution < -0.4 is 5.32 Å². The van der Waals surface area contributed by atoms with E-state index in [1.54, 1.807) is 6.08 Å². The van der Waals surface area contributed by atoms with Crippen LogP contribution in [0, 0.1) is 5.82 Å². The van der Waals surface area contributed by atoms with Gasteiger partial charge in [0.1, 0.15) is 5.82 Å². The topological polar surface area (TPSA) is 69.7 Å². The number of halogens is 2. The number of carbonyl (C=O) groups excluding carboxylic acids is 1. The van der Waals surface area contributed by atoms with Crippen molar-refractivity contribution in [2.75, 3.05) is 39.3 Å². The molecule has 1 aliphatic heterocycles. The maximum absolute atomic E-state index is 13.2. The van der Waals surface area contributed by atoms with Gasteiger partial charge in [0.15, 0.2) is 0 Å². The van der Waals surface area contributed by atoms with Crippen molar-refractivity contribution in [3.63, 3.8) is 0 Å². The minimum atomic E-state index is -3.73. The lowest BCUT2D eigenvalue weighted by atomic mass is 10.3. The van der Waals surface area contributed by atoms with E-state index >= 15 is 0 Å². The van der Waals surface area contributed by atoms with Crippen LogP contribution in [0.1, 0.15) is 0 Å². The summed E-state index contributed by atoms with van der Waals surface area (Å²) in [7, 11) is -3.73. The van der Waals surface area contributed by atoms with Crippen LogP contribution in [-0.2, 0) is 14.8 Å². The molecule has 24 heavy (non-hydrogen) atoms. The zero-order chi connectivity index (χ0) is 17.7. The first-order chi connectivity index (χ1) is 11.3. The molecular formula is C15H19ClFN3O3S. The maximum atomic E-state index is 13.2. The number of hydrogen-bond acceptors (Lipinski definition) is 4. The van der Waals surface area contributed by atoms with Crippen LogP contribution in [0.4, 0.5) is 4.39 Å². The molecule has 9 heteroatoms. The zero-order valence-corrected chi connectivity index (χ0v) is 14.6. The summed E-state index contributed by atoms with van der Waals surface area (Å²) < 4.78 is 39.6. The highest BCUT2D eigenvalue weighted by Crippen LogP contribution is 2.23. The van der Waals surface area contributed by atoms with E-state index in [1.807, 2.05) is 4.90 Å². The normalized spacial score (nSPS) is 16.8. The Kier molecular flexibility index (Phi) is 6.34. The van der Waals surface area contributed by atoms with Gasteiger partial charge in [-0.2, -0.15) is 4.31 Å². The lowest BCUT2D eigenvalue weighted by molar-refractivity contribution is -0.122. The van der Waals surface area contributed by atoms with Crippen LogP contribution in [0.25, 0.3) is 0 Å². The fourth-order valence-corrected chi connectivity index (χ4v) is 4.05. The first-order valence-corrected chi connectivity index (χ1v) is 9.21. The molecule has 6 nitrogen and oxygen atoms in total. The molecule has 1 amide bonds. The molecular weight excluding hydrogens is 357 g/mol. The maximum Gasteiger partial charge on any atom is 0.243 e. The molecule has 1 fully saturated rings. The molecule has 1 heterocycles. The molecule has 0 radical (unpaired) electrons. The van der Waals surface area contributed by atoms with E-state index in [0.29, 0.717) is 19.6 Å². The molecule has 132 valence electrons. The first-order valence-electron chi connectivity index (χ1n) is 7.39. The van der Waals surface area contributed by atoms with Crippen LogP contribution in [0.15, 0.2) is 35.7 Å². The number of rotatable bonds is 6. The second-order valence-electron chi connectivity index (χ2n) is 5.35. The fraction of sp³-hybridized carbons (Fsp3) is 0.400. The van der Waals surface area contributed by atoms with Crippen molar-refractivity contribution in [3.05, 3.63) is 41.7 Å². The SMILES string of the molecule is C=CCNC(=O)CN1CCN(S(=O)(=O)c2ccc(F)c(Cl)c2)CC1. The minimum Gasteiger partial charge on any atom is -0.352 e. The molecule has 0 aromatic heterocycles. The Hall–Kier alpha value is -1.48. The quantitative estimate of drug-likeness (QED) is 0.756. The van der Waals surface area contributed by atoms with Gasteiger partial charge in [-0.25, -0.2) is 12.8 Å². The second-order valence-corrected chi connectivity index (χ2v) is 7.69. The number of hydrogen-bond donors (Lipinski definition) is 1. The molecule has 0 atom stereocenters. The monoisotopic (exact) mass is 375 g/mol. The first kappa shape index (κ1) is 18.9. The summed E-state index contributed by atoms with van der Waals surface area (Å²) in [6, 6.07) is 3.35. The minimum absolute atomic E-state index is 0.0360. The molecule has 1 aromatic carbocycles. The number of sulfonamides is 1. The van der Waals surface area contributed by atoms with Gasteiger partial charge >= 0.3 is 0 Å².